The third-order valence-electron chi connectivity index (χ3n) is 5.19. The molecule has 0 unspecified atom stereocenters. The molecule has 6 nitrogen and oxygen atoms in total. The monoisotopic (exact) mass is 446 g/mol. The van der Waals surface area contributed by atoms with Gasteiger partial charge < -0.3 is 15.0 Å². The van der Waals surface area contributed by atoms with Crippen molar-refractivity contribution in [3.05, 3.63) is 101 Å². The molecule has 1 aliphatic rings. The molecular weight excluding hydrogens is 424 g/mol. The molecule has 0 aliphatic carbocycles. The summed E-state index contributed by atoms with van der Waals surface area (Å²) in [6, 6.07) is 23.7. The lowest BCUT2D eigenvalue weighted by Gasteiger charge is -2.24. The van der Waals surface area contributed by atoms with Crippen LogP contribution in [0.1, 0.15) is 37.2 Å². The highest BCUT2D eigenvalue weighted by Gasteiger charge is 2.32. The first kappa shape index (κ1) is 21.6. The number of thioether (sulfide) groups is 1. The first-order valence-electron chi connectivity index (χ1n) is 10.1. The lowest BCUT2D eigenvalue weighted by molar-refractivity contribution is -0.128. The van der Waals surface area contributed by atoms with Crippen LogP contribution in [-0.2, 0) is 16.1 Å². The maximum atomic E-state index is 12.6. The molecular formula is C25H22N2O4S. The number of hydrogen-bond acceptors (Lipinski definition) is 5. The molecule has 1 atom stereocenters. The lowest BCUT2D eigenvalue weighted by atomic mass is 10.1. The minimum Gasteiger partial charge on any atom is -0.465 e. The van der Waals surface area contributed by atoms with Crippen LogP contribution in [0.25, 0.3) is 0 Å². The maximum absolute atomic E-state index is 12.6. The molecule has 0 saturated carbocycles. The van der Waals surface area contributed by atoms with E-state index in [1.54, 1.807) is 48.2 Å². The van der Waals surface area contributed by atoms with Gasteiger partial charge in [0, 0.05) is 17.8 Å². The Hall–Kier alpha value is -3.58. The zero-order valence-corrected chi connectivity index (χ0v) is 18.3. The van der Waals surface area contributed by atoms with Gasteiger partial charge in [-0.25, -0.2) is 4.79 Å². The molecule has 3 aromatic rings. The van der Waals surface area contributed by atoms with Crippen LogP contribution >= 0.6 is 11.8 Å². The summed E-state index contributed by atoms with van der Waals surface area (Å²) in [7, 11) is 1.32. The van der Waals surface area contributed by atoms with Gasteiger partial charge in [-0.05, 0) is 47.5 Å². The van der Waals surface area contributed by atoms with Gasteiger partial charge in [0.25, 0.3) is 5.91 Å². The number of nitrogens with one attached hydrogen (secondary N) is 1. The fourth-order valence-electron chi connectivity index (χ4n) is 3.49. The van der Waals surface area contributed by atoms with Crippen molar-refractivity contribution in [1.29, 1.82) is 0 Å². The number of esters is 1. The van der Waals surface area contributed by atoms with E-state index in [1.165, 1.54) is 7.11 Å². The maximum Gasteiger partial charge on any atom is 0.337 e. The zero-order chi connectivity index (χ0) is 22.5. The van der Waals surface area contributed by atoms with E-state index >= 15 is 0 Å². The standard InChI is InChI=1S/C25H22N2O4S/c1-31-25(30)20-11-13-21(14-12-20)26-23(29)18-7-9-19(10-8-18)24-27(22(28)16-32-24)15-17-5-3-2-4-6-17/h2-14,24H,15-16H2,1H3,(H,26,29)/t24-/m0/s1. The Morgan fingerprint density at radius 2 is 1.62 bits per heavy atom. The summed E-state index contributed by atoms with van der Waals surface area (Å²) < 4.78 is 4.67. The van der Waals surface area contributed by atoms with Gasteiger partial charge in [-0.2, -0.15) is 0 Å². The smallest absolute Gasteiger partial charge is 0.337 e. The minimum absolute atomic E-state index is 0.0781. The van der Waals surface area contributed by atoms with Crippen molar-refractivity contribution in [2.45, 2.75) is 11.9 Å². The van der Waals surface area contributed by atoms with Crippen LogP contribution in [0.4, 0.5) is 5.69 Å². The topological polar surface area (TPSA) is 75.7 Å². The average molecular weight is 447 g/mol. The second kappa shape index (κ2) is 9.70. The number of methoxy groups -OCH3 is 1. The Morgan fingerprint density at radius 1 is 0.969 bits per heavy atom. The molecule has 32 heavy (non-hydrogen) atoms. The van der Waals surface area contributed by atoms with Gasteiger partial charge >= 0.3 is 5.97 Å². The van der Waals surface area contributed by atoms with Crippen LogP contribution < -0.4 is 5.32 Å². The number of carbonyl (C=O) groups is 3. The van der Waals surface area contributed by atoms with E-state index in [-0.39, 0.29) is 17.2 Å². The molecule has 4 rings (SSSR count). The van der Waals surface area contributed by atoms with E-state index in [0.29, 0.717) is 29.1 Å². The molecule has 0 aromatic heterocycles. The van der Waals surface area contributed by atoms with Gasteiger partial charge in [-0.1, -0.05) is 42.5 Å². The van der Waals surface area contributed by atoms with Crippen molar-refractivity contribution < 1.29 is 19.1 Å². The van der Waals surface area contributed by atoms with Crippen LogP contribution in [0.2, 0.25) is 0 Å². The van der Waals surface area contributed by atoms with Crippen molar-refractivity contribution in [3.8, 4) is 0 Å². The van der Waals surface area contributed by atoms with Gasteiger partial charge in [0.2, 0.25) is 5.91 Å². The Morgan fingerprint density at radius 3 is 2.28 bits per heavy atom. The molecule has 162 valence electrons. The van der Waals surface area contributed by atoms with Gasteiger partial charge in [-0.15, -0.1) is 11.8 Å². The Kier molecular flexibility index (Phi) is 6.56. The van der Waals surface area contributed by atoms with E-state index in [1.807, 2.05) is 47.4 Å². The molecule has 7 heteroatoms. The van der Waals surface area contributed by atoms with E-state index in [4.69, 9.17) is 0 Å². The first-order valence-corrected chi connectivity index (χ1v) is 11.1. The molecule has 3 aromatic carbocycles. The van der Waals surface area contributed by atoms with Crippen molar-refractivity contribution in [2.24, 2.45) is 0 Å². The Bertz CT molecular complexity index is 1110. The summed E-state index contributed by atoms with van der Waals surface area (Å²) in [4.78, 5) is 38.4. The van der Waals surface area contributed by atoms with Crippen LogP contribution in [0.5, 0.6) is 0 Å². The highest BCUT2D eigenvalue weighted by atomic mass is 32.2. The predicted molar refractivity (Wildman–Crippen MR) is 124 cm³/mol. The number of carbonyl (C=O) groups excluding carboxylic acids is 3. The first-order chi connectivity index (χ1) is 15.5. The van der Waals surface area contributed by atoms with Gasteiger partial charge in [0.1, 0.15) is 5.37 Å². The normalized spacial score (nSPS) is 15.5. The minimum atomic E-state index is -0.428. The van der Waals surface area contributed by atoms with E-state index < -0.39 is 5.97 Å². The quantitative estimate of drug-likeness (QED) is 0.565. The van der Waals surface area contributed by atoms with E-state index in [9.17, 15) is 14.4 Å². The summed E-state index contributed by atoms with van der Waals surface area (Å²) in [6.07, 6.45) is 0. The van der Waals surface area contributed by atoms with Crippen molar-refractivity contribution in [3.63, 3.8) is 0 Å². The Labute approximate surface area is 190 Å². The molecule has 1 saturated heterocycles. The van der Waals surface area contributed by atoms with Gasteiger partial charge in [-0.3, -0.25) is 9.59 Å². The van der Waals surface area contributed by atoms with Crippen LogP contribution in [0.3, 0.4) is 0 Å². The van der Waals surface area contributed by atoms with Crippen molar-refractivity contribution in [2.75, 3.05) is 18.2 Å². The number of nitrogens with zero attached hydrogens (tertiary/aromatic N) is 1. The summed E-state index contributed by atoms with van der Waals surface area (Å²) >= 11 is 1.59. The highest BCUT2D eigenvalue weighted by molar-refractivity contribution is 8.00. The molecule has 2 amide bonds. The molecule has 0 radical (unpaired) electrons. The number of hydrogen-bond donors (Lipinski definition) is 1. The number of amides is 2. The largest absolute Gasteiger partial charge is 0.465 e. The van der Waals surface area contributed by atoms with Crippen molar-refractivity contribution in [1.82, 2.24) is 4.90 Å². The highest BCUT2D eigenvalue weighted by Crippen LogP contribution is 2.39. The average Bonchev–Trinajstić information content (AvgIpc) is 3.19. The molecule has 0 spiro atoms. The van der Waals surface area contributed by atoms with Gasteiger partial charge in [0.05, 0.1) is 18.4 Å². The fourth-order valence-corrected chi connectivity index (χ4v) is 4.68. The second-order valence-corrected chi connectivity index (χ2v) is 8.38. The van der Waals surface area contributed by atoms with Crippen molar-refractivity contribution >= 4 is 35.2 Å². The summed E-state index contributed by atoms with van der Waals surface area (Å²) in [5.41, 5.74) is 3.57. The number of ether oxygens (including phenoxy) is 1. The third kappa shape index (κ3) is 4.84. The van der Waals surface area contributed by atoms with Crippen LogP contribution in [0.15, 0.2) is 78.9 Å². The molecule has 1 aliphatic heterocycles. The molecule has 1 fully saturated rings. The second-order valence-electron chi connectivity index (χ2n) is 7.32. The number of anilines is 1. The summed E-state index contributed by atoms with van der Waals surface area (Å²) in [6.45, 7) is 0.557. The number of rotatable bonds is 6. The van der Waals surface area contributed by atoms with Crippen LogP contribution in [-0.4, -0.2) is 35.5 Å². The SMILES string of the molecule is COC(=O)c1ccc(NC(=O)c2ccc([C@@H]3SCC(=O)N3Cc3ccccc3)cc2)cc1. The molecule has 0 bridgehead atoms. The summed E-state index contributed by atoms with van der Waals surface area (Å²) in [5, 5.41) is 2.74. The third-order valence-corrected chi connectivity index (χ3v) is 6.44. The Balaban J connectivity index is 1.43. The van der Waals surface area contributed by atoms with Gasteiger partial charge in [0.15, 0.2) is 0 Å². The summed E-state index contributed by atoms with van der Waals surface area (Å²) in [5.74, 6) is -0.121. The van der Waals surface area contributed by atoms with E-state index in [2.05, 4.69) is 10.1 Å². The fraction of sp³-hybridized carbons (Fsp3) is 0.160. The number of benzene rings is 3. The zero-order valence-electron chi connectivity index (χ0n) is 17.5. The van der Waals surface area contributed by atoms with Crippen LogP contribution in [0, 0.1) is 0 Å². The van der Waals surface area contributed by atoms with E-state index in [0.717, 1.165) is 11.1 Å². The predicted octanol–water partition coefficient (Wildman–Crippen LogP) is 4.50. The molecule has 1 heterocycles. The molecule has 1 N–H and O–H groups in total. The lowest BCUT2D eigenvalue weighted by Crippen LogP contribution is -2.27.